The maximum atomic E-state index is 12.6. The molecular formula is C77H147NO5. The molecule has 83 heavy (non-hydrogen) atoms. The van der Waals surface area contributed by atoms with Crippen LogP contribution in [0.4, 0.5) is 0 Å². The number of nitrogens with one attached hydrogen (secondary N) is 1. The van der Waals surface area contributed by atoms with E-state index in [1.54, 1.807) is 0 Å². The number of aliphatic hydroxyl groups excluding tert-OH is 2. The van der Waals surface area contributed by atoms with E-state index in [0.29, 0.717) is 25.9 Å². The lowest BCUT2D eigenvalue weighted by atomic mass is 10.0. The van der Waals surface area contributed by atoms with Gasteiger partial charge in [-0.05, 0) is 83.5 Å². The number of carbonyl (C=O) groups excluding carboxylic acids is 2. The molecule has 0 aromatic rings. The van der Waals surface area contributed by atoms with Crippen LogP contribution in [0.15, 0.2) is 36.5 Å². The number of aliphatic hydroxyl groups is 2. The molecule has 0 saturated carbocycles. The molecule has 2 unspecified atom stereocenters. The Bertz CT molecular complexity index is 1340. The lowest BCUT2D eigenvalue weighted by molar-refractivity contribution is -0.143. The van der Waals surface area contributed by atoms with Gasteiger partial charge in [0.05, 0.1) is 25.4 Å². The lowest BCUT2D eigenvalue weighted by Gasteiger charge is -2.22. The number of ether oxygens (including phenoxy) is 1. The molecule has 6 heteroatoms. The van der Waals surface area contributed by atoms with Crippen molar-refractivity contribution < 1.29 is 24.5 Å². The Morgan fingerprint density at radius 3 is 0.940 bits per heavy atom. The number of hydrogen-bond donors (Lipinski definition) is 3. The Morgan fingerprint density at radius 1 is 0.337 bits per heavy atom. The van der Waals surface area contributed by atoms with Crippen molar-refractivity contribution in [1.29, 1.82) is 0 Å². The fourth-order valence-corrected chi connectivity index (χ4v) is 11.9. The monoisotopic (exact) mass is 1170 g/mol. The molecule has 0 aliphatic carbocycles. The highest BCUT2D eigenvalue weighted by Gasteiger charge is 2.20. The zero-order valence-corrected chi connectivity index (χ0v) is 56.2. The molecule has 490 valence electrons. The number of esters is 1. The first kappa shape index (κ1) is 81.1. The Labute approximate surface area is 519 Å². The van der Waals surface area contributed by atoms with E-state index in [0.717, 1.165) is 51.4 Å². The summed E-state index contributed by atoms with van der Waals surface area (Å²) in [5.74, 6) is -0.0288. The highest BCUT2D eigenvalue weighted by Crippen LogP contribution is 2.19. The van der Waals surface area contributed by atoms with Gasteiger partial charge in [0.25, 0.3) is 0 Å². The van der Waals surface area contributed by atoms with E-state index >= 15 is 0 Å². The summed E-state index contributed by atoms with van der Waals surface area (Å²) in [6.45, 7) is 4.97. The fourth-order valence-electron chi connectivity index (χ4n) is 11.9. The third-order valence-corrected chi connectivity index (χ3v) is 17.7. The maximum absolute atomic E-state index is 12.6. The van der Waals surface area contributed by atoms with Gasteiger partial charge in [0.2, 0.25) is 5.91 Å². The standard InChI is InChI=1S/C77H147NO5/c1-3-5-7-9-11-13-15-17-19-21-22-23-29-32-35-38-41-45-49-53-57-61-65-69-75(80)74(73-79)78-76(81)70-66-62-58-54-50-46-42-39-36-33-30-27-25-24-26-28-31-34-37-40-44-48-52-56-60-64-68-72-83-77(82)71-67-63-59-55-51-47-43-20-18-16-14-12-10-8-6-4-2/h14,16,20,24-25,43,74-75,79-80H,3-13,15,17-19,21-23,26-42,44-73H2,1-2H3,(H,78,81)/b16-14-,25-24-,43-20-. The normalized spacial score (nSPS) is 12.7. The molecular weight excluding hydrogens is 1020 g/mol. The van der Waals surface area contributed by atoms with Crippen LogP contribution in [0, 0.1) is 0 Å². The van der Waals surface area contributed by atoms with E-state index in [1.165, 1.54) is 334 Å². The Morgan fingerprint density at radius 2 is 0.602 bits per heavy atom. The van der Waals surface area contributed by atoms with Crippen molar-refractivity contribution in [3.05, 3.63) is 36.5 Å². The summed E-state index contributed by atoms with van der Waals surface area (Å²) in [7, 11) is 0. The van der Waals surface area contributed by atoms with Gasteiger partial charge in [-0.3, -0.25) is 9.59 Å². The molecule has 0 aliphatic rings. The van der Waals surface area contributed by atoms with Crippen molar-refractivity contribution in [2.75, 3.05) is 13.2 Å². The van der Waals surface area contributed by atoms with Gasteiger partial charge in [0.1, 0.15) is 0 Å². The van der Waals surface area contributed by atoms with E-state index in [2.05, 4.69) is 55.6 Å². The molecule has 0 fully saturated rings. The van der Waals surface area contributed by atoms with Gasteiger partial charge < -0.3 is 20.3 Å². The average molecular weight is 1170 g/mol. The molecule has 6 nitrogen and oxygen atoms in total. The summed E-state index contributed by atoms with van der Waals surface area (Å²) >= 11 is 0. The van der Waals surface area contributed by atoms with Gasteiger partial charge in [-0.15, -0.1) is 0 Å². The first-order valence-corrected chi connectivity index (χ1v) is 37.7. The molecule has 0 spiro atoms. The van der Waals surface area contributed by atoms with Gasteiger partial charge in [0, 0.05) is 12.8 Å². The summed E-state index contributed by atoms with van der Waals surface area (Å²) in [6.07, 6.45) is 93.5. The van der Waals surface area contributed by atoms with Crippen LogP contribution >= 0.6 is 0 Å². The number of rotatable bonds is 71. The number of allylic oxidation sites excluding steroid dienone is 6. The fraction of sp³-hybridized carbons (Fsp3) is 0.896. The summed E-state index contributed by atoms with van der Waals surface area (Å²) in [6, 6.07) is -0.544. The van der Waals surface area contributed by atoms with Gasteiger partial charge in [0.15, 0.2) is 0 Å². The summed E-state index contributed by atoms with van der Waals surface area (Å²) in [4.78, 5) is 24.6. The highest BCUT2D eigenvalue weighted by molar-refractivity contribution is 5.76. The minimum atomic E-state index is -0.667. The van der Waals surface area contributed by atoms with Crippen molar-refractivity contribution in [1.82, 2.24) is 5.32 Å². The topological polar surface area (TPSA) is 95.9 Å². The Balaban J connectivity index is 3.39. The van der Waals surface area contributed by atoms with E-state index in [-0.39, 0.29) is 18.5 Å². The third-order valence-electron chi connectivity index (χ3n) is 17.7. The summed E-state index contributed by atoms with van der Waals surface area (Å²) in [5, 5.41) is 23.5. The van der Waals surface area contributed by atoms with Crippen LogP contribution in [0.25, 0.3) is 0 Å². The van der Waals surface area contributed by atoms with Crippen molar-refractivity contribution in [2.45, 2.75) is 431 Å². The van der Waals surface area contributed by atoms with Crippen LogP contribution < -0.4 is 5.32 Å². The van der Waals surface area contributed by atoms with Crippen molar-refractivity contribution in [3.8, 4) is 0 Å². The second kappa shape index (κ2) is 72.6. The van der Waals surface area contributed by atoms with Gasteiger partial charge in [-0.25, -0.2) is 0 Å². The van der Waals surface area contributed by atoms with Crippen molar-refractivity contribution in [2.24, 2.45) is 0 Å². The van der Waals surface area contributed by atoms with Gasteiger partial charge in [-0.2, -0.15) is 0 Å². The van der Waals surface area contributed by atoms with Crippen LogP contribution in [0.1, 0.15) is 418 Å². The molecule has 0 aromatic carbocycles. The number of amides is 1. The first-order chi connectivity index (χ1) is 41.0. The maximum Gasteiger partial charge on any atom is 0.305 e. The molecule has 0 aliphatic heterocycles. The second-order valence-electron chi connectivity index (χ2n) is 26.0. The molecule has 0 heterocycles. The summed E-state index contributed by atoms with van der Waals surface area (Å²) < 4.78 is 5.49. The van der Waals surface area contributed by atoms with E-state index in [9.17, 15) is 19.8 Å². The number of carbonyl (C=O) groups is 2. The van der Waals surface area contributed by atoms with E-state index in [1.807, 2.05) is 0 Å². The molecule has 0 rings (SSSR count). The highest BCUT2D eigenvalue weighted by atomic mass is 16.5. The second-order valence-corrected chi connectivity index (χ2v) is 26.0. The first-order valence-electron chi connectivity index (χ1n) is 37.7. The molecule has 0 saturated heterocycles. The molecule has 1 amide bonds. The predicted octanol–water partition coefficient (Wildman–Crippen LogP) is 24.7. The van der Waals surface area contributed by atoms with Crippen LogP contribution in [-0.4, -0.2) is 47.4 Å². The smallest absolute Gasteiger partial charge is 0.305 e. The number of unbranched alkanes of at least 4 members (excludes halogenated alkanes) is 54. The predicted molar refractivity (Wildman–Crippen MR) is 366 cm³/mol. The van der Waals surface area contributed by atoms with Gasteiger partial charge in [-0.1, -0.05) is 359 Å². The molecule has 0 aromatic heterocycles. The minimum Gasteiger partial charge on any atom is -0.466 e. The Kier molecular flexibility index (Phi) is 70.9. The average Bonchev–Trinajstić information content (AvgIpc) is 3.49. The van der Waals surface area contributed by atoms with E-state index in [4.69, 9.17) is 4.74 Å². The summed E-state index contributed by atoms with van der Waals surface area (Å²) in [5.41, 5.74) is 0. The molecule has 0 bridgehead atoms. The SMILES string of the molecule is CCCCCC/C=C\C/C=C\CCCCCCCC(=O)OCCCCCCCCCCCCCC/C=C\CCCCCCCCCCCCCC(=O)NC(CO)C(O)CCCCCCCCCCCCCCCCCCCCCCCCC. The molecule has 3 N–H and O–H groups in total. The largest absolute Gasteiger partial charge is 0.466 e. The van der Waals surface area contributed by atoms with Crippen LogP contribution in [-0.2, 0) is 14.3 Å². The lowest BCUT2D eigenvalue weighted by Crippen LogP contribution is -2.45. The van der Waals surface area contributed by atoms with Gasteiger partial charge >= 0.3 is 5.97 Å². The number of hydrogen-bond acceptors (Lipinski definition) is 5. The Hall–Kier alpha value is -1.92. The zero-order chi connectivity index (χ0) is 59.9. The minimum absolute atomic E-state index is 0.00236. The van der Waals surface area contributed by atoms with Crippen LogP contribution in [0.5, 0.6) is 0 Å². The third kappa shape index (κ3) is 69.1. The van der Waals surface area contributed by atoms with Crippen molar-refractivity contribution in [3.63, 3.8) is 0 Å². The molecule has 0 radical (unpaired) electrons. The zero-order valence-electron chi connectivity index (χ0n) is 56.2. The molecule has 2 atom stereocenters. The van der Waals surface area contributed by atoms with E-state index < -0.39 is 12.1 Å². The van der Waals surface area contributed by atoms with Crippen LogP contribution in [0.2, 0.25) is 0 Å². The van der Waals surface area contributed by atoms with Crippen LogP contribution in [0.3, 0.4) is 0 Å². The quantitative estimate of drug-likeness (QED) is 0.0320. The van der Waals surface area contributed by atoms with Crippen molar-refractivity contribution >= 4 is 11.9 Å².